The zero-order valence-corrected chi connectivity index (χ0v) is 9.70. The monoisotopic (exact) mass is 291 g/mol. The molecule has 0 amide bonds. The van der Waals surface area contributed by atoms with E-state index in [1.54, 1.807) is 4.98 Å². The quantitative estimate of drug-likeness (QED) is 0.838. The summed E-state index contributed by atoms with van der Waals surface area (Å²) < 4.78 is 61.1. The fourth-order valence-corrected chi connectivity index (χ4v) is 1.64. The second-order valence-corrected chi connectivity index (χ2v) is 5.47. The first-order chi connectivity index (χ1) is 7.50. The number of halogens is 4. The van der Waals surface area contributed by atoms with E-state index >= 15 is 0 Å². The molecule has 1 aromatic heterocycles. The molecule has 1 heterocycles. The molecule has 0 saturated carbocycles. The summed E-state index contributed by atoms with van der Waals surface area (Å²) in [6.45, 7) is 1.05. The summed E-state index contributed by atoms with van der Waals surface area (Å²) in [5.74, 6) is -1.01. The SMILES string of the molecule is Cc1c(OC(F)(F)F)[nH]c(S(=O)(=O)Cl)cc1=O. The number of aromatic amines is 1. The van der Waals surface area contributed by atoms with E-state index in [-0.39, 0.29) is 0 Å². The highest BCUT2D eigenvalue weighted by Gasteiger charge is 2.33. The molecule has 10 heteroatoms. The maximum atomic E-state index is 12.0. The Balaban J connectivity index is 3.41. The van der Waals surface area contributed by atoms with Crippen LogP contribution in [0.25, 0.3) is 0 Å². The number of hydrogen-bond donors (Lipinski definition) is 1. The predicted molar refractivity (Wildman–Crippen MR) is 51.5 cm³/mol. The molecule has 0 aliphatic carbocycles. The van der Waals surface area contributed by atoms with E-state index in [0.29, 0.717) is 6.07 Å². The molecule has 1 rings (SSSR count). The molecule has 0 bridgehead atoms. The van der Waals surface area contributed by atoms with Crippen molar-refractivity contribution in [3.63, 3.8) is 0 Å². The van der Waals surface area contributed by atoms with Crippen molar-refractivity contribution in [1.29, 1.82) is 0 Å². The minimum Gasteiger partial charge on any atom is -0.389 e. The van der Waals surface area contributed by atoms with Crippen LogP contribution in [-0.4, -0.2) is 19.8 Å². The number of nitrogens with one attached hydrogen (secondary N) is 1. The van der Waals surface area contributed by atoms with Gasteiger partial charge in [-0.3, -0.25) is 4.79 Å². The van der Waals surface area contributed by atoms with Crippen molar-refractivity contribution in [2.75, 3.05) is 0 Å². The largest absolute Gasteiger partial charge is 0.574 e. The summed E-state index contributed by atoms with van der Waals surface area (Å²) in [7, 11) is 0.541. The number of ether oxygens (including phenoxy) is 1. The number of H-pyrrole nitrogens is 1. The summed E-state index contributed by atoms with van der Waals surface area (Å²) >= 11 is 0. The van der Waals surface area contributed by atoms with E-state index in [4.69, 9.17) is 10.7 Å². The van der Waals surface area contributed by atoms with Crippen LogP contribution >= 0.6 is 10.7 Å². The number of alkyl halides is 3. The van der Waals surface area contributed by atoms with Gasteiger partial charge >= 0.3 is 6.36 Å². The van der Waals surface area contributed by atoms with Gasteiger partial charge in [-0.1, -0.05) is 0 Å². The summed E-state index contributed by atoms with van der Waals surface area (Å²) in [5, 5.41) is -0.867. The molecule has 0 radical (unpaired) electrons. The Morgan fingerprint density at radius 2 is 1.94 bits per heavy atom. The lowest BCUT2D eigenvalue weighted by Crippen LogP contribution is -2.22. The summed E-state index contributed by atoms with van der Waals surface area (Å²) in [4.78, 5) is 13.0. The Hall–Kier alpha value is -1.22. The van der Waals surface area contributed by atoms with Crippen molar-refractivity contribution in [2.45, 2.75) is 18.3 Å². The van der Waals surface area contributed by atoms with Gasteiger partial charge in [0.2, 0.25) is 5.88 Å². The summed E-state index contributed by atoms with van der Waals surface area (Å²) in [6, 6.07) is 0.570. The van der Waals surface area contributed by atoms with E-state index < -0.39 is 37.3 Å². The van der Waals surface area contributed by atoms with Crippen LogP contribution in [0.1, 0.15) is 5.56 Å². The third kappa shape index (κ3) is 3.63. The molecule has 0 aliphatic rings. The van der Waals surface area contributed by atoms with Gasteiger partial charge in [-0.05, 0) is 6.92 Å². The second kappa shape index (κ2) is 4.22. The molecule has 5 nitrogen and oxygen atoms in total. The topological polar surface area (TPSA) is 76.2 Å². The average Bonchev–Trinajstić information content (AvgIpc) is 2.08. The molecule has 1 N–H and O–H groups in total. The molecular weight excluding hydrogens is 287 g/mol. The Labute approximate surface area is 97.6 Å². The maximum Gasteiger partial charge on any atom is 0.574 e. The van der Waals surface area contributed by atoms with Crippen LogP contribution in [-0.2, 0) is 9.05 Å². The van der Waals surface area contributed by atoms with Crippen LogP contribution in [0.4, 0.5) is 13.2 Å². The van der Waals surface area contributed by atoms with Crippen LogP contribution < -0.4 is 10.2 Å². The van der Waals surface area contributed by atoms with Gasteiger partial charge in [0.25, 0.3) is 9.05 Å². The molecule has 0 atom stereocenters. The molecule has 0 aliphatic heterocycles. The van der Waals surface area contributed by atoms with Crippen molar-refractivity contribution in [2.24, 2.45) is 0 Å². The van der Waals surface area contributed by atoms with Crippen molar-refractivity contribution < 1.29 is 26.3 Å². The van der Waals surface area contributed by atoms with Crippen LogP contribution in [0.2, 0.25) is 0 Å². The fraction of sp³-hybridized carbons (Fsp3) is 0.286. The van der Waals surface area contributed by atoms with Crippen LogP contribution in [0, 0.1) is 6.92 Å². The van der Waals surface area contributed by atoms with Gasteiger partial charge in [-0.2, -0.15) is 0 Å². The van der Waals surface area contributed by atoms with E-state index in [0.717, 1.165) is 6.92 Å². The molecule has 0 spiro atoms. The summed E-state index contributed by atoms with van der Waals surface area (Å²) in [6.07, 6.45) is -5.05. The standard InChI is InChI=1S/C7H5ClF3NO4S/c1-3-4(13)2-5(17(8,14)15)12-6(3)16-7(9,10)11/h2H,1H3,(H,12,13). The third-order valence-electron chi connectivity index (χ3n) is 1.69. The molecule has 96 valence electrons. The fourth-order valence-electron chi connectivity index (χ4n) is 0.930. The highest BCUT2D eigenvalue weighted by molar-refractivity contribution is 8.13. The van der Waals surface area contributed by atoms with Crippen LogP contribution in [0.3, 0.4) is 0 Å². The van der Waals surface area contributed by atoms with Gasteiger partial charge in [0.1, 0.15) is 0 Å². The average molecular weight is 292 g/mol. The van der Waals surface area contributed by atoms with E-state index in [1.807, 2.05) is 0 Å². The molecule has 17 heavy (non-hydrogen) atoms. The van der Waals surface area contributed by atoms with Crippen molar-refractivity contribution >= 4 is 19.7 Å². The van der Waals surface area contributed by atoms with Crippen LogP contribution in [0.5, 0.6) is 5.88 Å². The molecular formula is C7H5ClF3NO4S. The lowest BCUT2D eigenvalue weighted by Gasteiger charge is -2.11. The minimum atomic E-state index is -5.05. The highest BCUT2D eigenvalue weighted by atomic mass is 35.7. The molecule has 0 unspecified atom stereocenters. The lowest BCUT2D eigenvalue weighted by atomic mass is 10.3. The van der Waals surface area contributed by atoms with Crippen molar-refractivity contribution in [1.82, 2.24) is 4.98 Å². The minimum absolute atomic E-state index is 0.411. The number of rotatable bonds is 2. The zero-order chi connectivity index (χ0) is 13.4. The van der Waals surface area contributed by atoms with Crippen molar-refractivity contribution in [3.8, 4) is 5.88 Å². The van der Waals surface area contributed by atoms with Gasteiger partial charge in [-0.25, -0.2) is 8.42 Å². The van der Waals surface area contributed by atoms with Crippen molar-refractivity contribution in [3.05, 3.63) is 21.9 Å². The first kappa shape index (κ1) is 13.8. The Morgan fingerprint density at radius 3 is 2.35 bits per heavy atom. The van der Waals surface area contributed by atoms with Gasteiger partial charge < -0.3 is 9.72 Å². The number of pyridine rings is 1. The Kier molecular flexibility index (Phi) is 3.44. The molecule has 1 aromatic rings. The Bertz CT molecular complexity index is 592. The smallest absolute Gasteiger partial charge is 0.389 e. The Morgan fingerprint density at radius 1 is 1.41 bits per heavy atom. The second-order valence-electron chi connectivity index (χ2n) is 2.94. The van der Waals surface area contributed by atoms with Gasteiger partial charge in [0.05, 0.1) is 5.56 Å². The molecule has 0 aromatic carbocycles. The predicted octanol–water partition coefficient (Wildman–Crippen LogP) is 1.51. The van der Waals surface area contributed by atoms with E-state index in [9.17, 15) is 26.4 Å². The maximum absolute atomic E-state index is 12.0. The molecule has 0 fully saturated rings. The van der Waals surface area contributed by atoms with E-state index in [1.165, 1.54) is 0 Å². The first-order valence-electron chi connectivity index (χ1n) is 3.95. The number of hydrogen-bond acceptors (Lipinski definition) is 4. The van der Waals surface area contributed by atoms with Gasteiger partial charge in [0.15, 0.2) is 10.5 Å². The highest BCUT2D eigenvalue weighted by Crippen LogP contribution is 2.24. The first-order valence-corrected chi connectivity index (χ1v) is 6.26. The van der Waals surface area contributed by atoms with E-state index in [2.05, 4.69) is 4.74 Å². The molecule has 0 saturated heterocycles. The zero-order valence-electron chi connectivity index (χ0n) is 8.13. The third-order valence-corrected chi connectivity index (χ3v) is 2.93. The van der Waals surface area contributed by atoms with Crippen LogP contribution in [0.15, 0.2) is 15.9 Å². The van der Waals surface area contributed by atoms with Gasteiger partial charge in [-0.15, -0.1) is 13.2 Å². The van der Waals surface area contributed by atoms with Gasteiger partial charge in [0, 0.05) is 16.7 Å². The lowest BCUT2D eigenvalue weighted by molar-refractivity contribution is -0.276. The number of aromatic nitrogens is 1. The summed E-state index contributed by atoms with van der Waals surface area (Å²) in [5.41, 5.74) is -1.35. The normalized spacial score (nSPS) is 12.5.